The molecule has 3 aromatic rings. The van der Waals surface area contributed by atoms with E-state index in [9.17, 15) is 4.79 Å². The van der Waals surface area contributed by atoms with E-state index >= 15 is 0 Å². The van der Waals surface area contributed by atoms with Gasteiger partial charge < -0.3 is 15.1 Å². The number of amides is 1. The number of aryl methyl sites for hydroxylation is 1. The minimum absolute atomic E-state index is 0.130. The number of nitrogens with one attached hydrogen (secondary N) is 1. The van der Waals surface area contributed by atoms with Gasteiger partial charge in [0, 0.05) is 36.8 Å². The molecular formula is C22H23ClN4OS. The van der Waals surface area contributed by atoms with Crippen LogP contribution in [0.3, 0.4) is 0 Å². The van der Waals surface area contributed by atoms with E-state index in [-0.39, 0.29) is 5.91 Å². The Labute approximate surface area is 179 Å². The molecule has 1 N–H and O–H groups in total. The van der Waals surface area contributed by atoms with Crippen molar-refractivity contribution >= 4 is 40.2 Å². The molecule has 0 atom stereocenters. The molecule has 1 aromatic heterocycles. The molecule has 4 rings (SSSR count). The van der Waals surface area contributed by atoms with Gasteiger partial charge in [-0.05, 0) is 38.2 Å². The molecule has 2 heterocycles. The average Bonchev–Trinajstić information content (AvgIpc) is 3.11. The summed E-state index contributed by atoms with van der Waals surface area (Å²) in [6.07, 6.45) is 0. The monoisotopic (exact) mass is 426 g/mol. The normalized spacial score (nSPS) is 14.8. The van der Waals surface area contributed by atoms with Gasteiger partial charge in [-0.1, -0.05) is 35.9 Å². The van der Waals surface area contributed by atoms with Crippen molar-refractivity contribution in [2.24, 2.45) is 0 Å². The van der Waals surface area contributed by atoms with Crippen molar-refractivity contribution in [3.63, 3.8) is 0 Å². The van der Waals surface area contributed by atoms with Crippen molar-refractivity contribution in [2.45, 2.75) is 6.92 Å². The number of aromatic nitrogens is 1. The maximum Gasteiger partial charge on any atom is 0.267 e. The van der Waals surface area contributed by atoms with Crippen LogP contribution in [0.5, 0.6) is 0 Å². The number of benzene rings is 2. The Bertz CT molecular complexity index is 1030. The molecule has 0 bridgehead atoms. The third kappa shape index (κ3) is 4.45. The van der Waals surface area contributed by atoms with Crippen LogP contribution in [-0.4, -0.2) is 49.0 Å². The molecule has 0 radical (unpaired) electrons. The maximum absolute atomic E-state index is 13.0. The molecule has 1 amide bonds. The quantitative estimate of drug-likeness (QED) is 0.652. The fourth-order valence-electron chi connectivity index (χ4n) is 3.43. The number of hydrogen-bond acceptors (Lipinski definition) is 5. The second-order valence-corrected chi connectivity index (χ2v) is 8.64. The summed E-state index contributed by atoms with van der Waals surface area (Å²) in [5.74, 6) is -0.130. The lowest BCUT2D eigenvalue weighted by atomic mass is 10.2. The molecule has 1 aliphatic rings. The van der Waals surface area contributed by atoms with E-state index in [0.717, 1.165) is 53.8 Å². The van der Waals surface area contributed by atoms with Crippen LogP contribution in [0.15, 0.2) is 48.5 Å². The second-order valence-electron chi connectivity index (χ2n) is 7.21. The average molecular weight is 427 g/mol. The first kappa shape index (κ1) is 19.9. The van der Waals surface area contributed by atoms with Crippen molar-refractivity contribution in [3.8, 4) is 10.6 Å². The van der Waals surface area contributed by atoms with E-state index in [0.29, 0.717) is 9.90 Å². The molecule has 1 fully saturated rings. The van der Waals surface area contributed by atoms with Gasteiger partial charge in [-0.2, -0.15) is 0 Å². The van der Waals surface area contributed by atoms with Gasteiger partial charge in [0.15, 0.2) is 0 Å². The van der Waals surface area contributed by atoms with E-state index in [4.69, 9.17) is 11.6 Å². The van der Waals surface area contributed by atoms with Gasteiger partial charge in [0.25, 0.3) is 5.91 Å². The summed E-state index contributed by atoms with van der Waals surface area (Å²) in [6.45, 7) is 5.79. The molecule has 1 aliphatic heterocycles. The van der Waals surface area contributed by atoms with E-state index in [1.54, 1.807) is 0 Å². The minimum Gasteiger partial charge on any atom is -0.367 e. The molecule has 5 nitrogen and oxygen atoms in total. The van der Waals surface area contributed by atoms with E-state index < -0.39 is 0 Å². The highest BCUT2D eigenvalue weighted by Crippen LogP contribution is 2.31. The fraction of sp³-hybridized carbons (Fsp3) is 0.273. The van der Waals surface area contributed by atoms with Crippen LogP contribution in [0.1, 0.15) is 15.4 Å². The molecular weight excluding hydrogens is 404 g/mol. The molecule has 150 valence electrons. The number of thiazole rings is 1. The molecule has 29 heavy (non-hydrogen) atoms. The summed E-state index contributed by atoms with van der Waals surface area (Å²) < 4.78 is 0. The first-order valence-corrected chi connectivity index (χ1v) is 10.8. The van der Waals surface area contributed by atoms with E-state index in [1.807, 2.05) is 49.4 Å². The standard InChI is InChI=1S/C22H23ClN4OS/c1-15-20(29-22(24-15)16-6-5-7-17(23)14-16)21(28)25-18-8-3-4-9-19(18)27-12-10-26(2)11-13-27/h3-9,14H,10-13H2,1-2H3,(H,25,28). The van der Waals surface area contributed by atoms with Gasteiger partial charge >= 0.3 is 0 Å². The van der Waals surface area contributed by atoms with Gasteiger partial charge in [0.2, 0.25) is 0 Å². The zero-order valence-electron chi connectivity index (χ0n) is 16.5. The number of hydrogen-bond donors (Lipinski definition) is 1. The number of anilines is 2. The van der Waals surface area contributed by atoms with E-state index in [1.165, 1.54) is 11.3 Å². The Kier molecular flexibility index (Phi) is 5.85. The second kappa shape index (κ2) is 8.53. The predicted octanol–water partition coefficient (Wildman–Crippen LogP) is 4.78. The number of nitrogens with zero attached hydrogens (tertiary/aromatic N) is 3. The number of piperazine rings is 1. The highest BCUT2D eigenvalue weighted by Gasteiger charge is 2.20. The number of carbonyl (C=O) groups is 1. The maximum atomic E-state index is 13.0. The van der Waals surface area contributed by atoms with Gasteiger partial charge in [-0.3, -0.25) is 4.79 Å². The van der Waals surface area contributed by atoms with Gasteiger partial charge in [-0.15, -0.1) is 11.3 Å². The smallest absolute Gasteiger partial charge is 0.267 e. The zero-order chi connectivity index (χ0) is 20.4. The highest BCUT2D eigenvalue weighted by molar-refractivity contribution is 7.17. The molecule has 0 unspecified atom stereocenters. The lowest BCUT2D eigenvalue weighted by Crippen LogP contribution is -2.44. The predicted molar refractivity (Wildman–Crippen MR) is 121 cm³/mol. The fourth-order valence-corrected chi connectivity index (χ4v) is 4.58. The van der Waals surface area contributed by atoms with Crippen molar-refractivity contribution in [3.05, 3.63) is 64.1 Å². The Morgan fingerprint density at radius 3 is 2.62 bits per heavy atom. The topological polar surface area (TPSA) is 48.5 Å². The van der Waals surface area contributed by atoms with Crippen LogP contribution in [-0.2, 0) is 0 Å². The first-order chi connectivity index (χ1) is 14.0. The highest BCUT2D eigenvalue weighted by atomic mass is 35.5. The SMILES string of the molecule is Cc1nc(-c2cccc(Cl)c2)sc1C(=O)Nc1ccccc1N1CCN(C)CC1. The summed E-state index contributed by atoms with van der Waals surface area (Å²) in [6, 6.07) is 15.5. The van der Waals surface area contributed by atoms with Gasteiger partial charge in [-0.25, -0.2) is 4.98 Å². The largest absolute Gasteiger partial charge is 0.367 e. The Balaban J connectivity index is 1.56. The molecule has 0 saturated carbocycles. The Hall–Kier alpha value is -2.41. The summed E-state index contributed by atoms with van der Waals surface area (Å²) in [5.41, 5.74) is 3.53. The van der Waals surface area contributed by atoms with Gasteiger partial charge in [0.1, 0.15) is 9.88 Å². The van der Waals surface area contributed by atoms with Crippen LogP contribution in [0.2, 0.25) is 5.02 Å². The number of para-hydroxylation sites is 2. The summed E-state index contributed by atoms with van der Waals surface area (Å²) in [4.78, 5) is 22.9. The molecule has 0 aliphatic carbocycles. The Morgan fingerprint density at radius 1 is 1.10 bits per heavy atom. The number of likely N-dealkylation sites (N-methyl/N-ethyl adjacent to an activating group) is 1. The third-order valence-electron chi connectivity index (χ3n) is 5.07. The lowest BCUT2D eigenvalue weighted by Gasteiger charge is -2.35. The molecule has 7 heteroatoms. The zero-order valence-corrected chi connectivity index (χ0v) is 18.1. The molecule has 1 saturated heterocycles. The molecule has 0 spiro atoms. The third-order valence-corrected chi connectivity index (χ3v) is 6.51. The van der Waals surface area contributed by atoms with Gasteiger partial charge in [0.05, 0.1) is 17.1 Å². The van der Waals surface area contributed by atoms with Crippen molar-refractivity contribution < 1.29 is 4.79 Å². The van der Waals surface area contributed by atoms with Crippen LogP contribution in [0.25, 0.3) is 10.6 Å². The van der Waals surface area contributed by atoms with E-state index in [2.05, 4.69) is 33.2 Å². The number of rotatable bonds is 4. The van der Waals surface area contributed by atoms with Crippen molar-refractivity contribution in [1.82, 2.24) is 9.88 Å². The summed E-state index contributed by atoms with van der Waals surface area (Å²) in [7, 11) is 2.13. The molecule has 2 aromatic carbocycles. The number of carbonyl (C=O) groups excluding carboxylic acids is 1. The first-order valence-electron chi connectivity index (χ1n) is 9.58. The lowest BCUT2D eigenvalue weighted by molar-refractivity contribution is 0.103. The van der Waals surface area contributed by atoms with Crippen LogP contribution < -0.4 is 10.2 Å². The van der Waals surface area contributed by atoms with Crippen molar-refractivity contribution in [1.29, 1.82) is 0 Å². The van der Waals surface area contributed by atoms with Crippen molar-refractivity contribution in [2.75, 3.05) is 43.4 Å². The number of halogens is 1. The van der Waals surface area contributed by atoms with Crippen LogP contribution >= 0.6 is 22.9 Å². The van der Waals surface area contributed by atoms with Crippen LogP contribution in [0, 0.1) is 6.92 Å². The Morgan fingerprint density at radius 2 is 1.86 bits per heavy atom. The minimum atomic E-state index is -0.130. The van der Waals surface area contributed by atoms with Crippen LogP contribution in [0.4, 0.5) is 11.4 Å². The summed E-state index contributed by atoms with van der Waals surface area (Å²) >= 11 is 7.49. The summed E-state index contributed by atoms with van der Waals surface area (Å²) in [5, 5.41) is 4.55.